The summed E-state index contributed by atoms with van der Waals surface area (Å²) in [5, 5.41) is 8.13. The van der Waals surface area contributed by atoms with E-state index in [4.69, 9.17) is 0 Å². The van der Waals surface area contributed by atoms with Crippen LogP contribution in [0, 0.1) is 17.3 Å². The molecule has 5 N–H and O–H groups in total. The number of unbranched alkanes of at least 4 members (excludes halogenated alkanes) is 1. The molecule has 1 aromatic heterocycles. The highest BCUT2D eigenvalue weighted by atomic mass is 79.9. The molecule has 0 saturated carbocycles. The van der Waals surface area contributed by atoms with Gasteiger partial charge >= 0.3 is 13.3 Å². The molecule has 16 nitrogen and oxygen atoms in total. The summed E-state index contributed by atoms with van der Waals surface area (Å²) in [4.78, 5) is 116. The zero-order valence-electron chi connectivity index (χ0n) is 37.9. The number of alkyl halides is 2. The van der Waals surface area contributed by atoms with Gasteiger partial charge in [-0.1, -0.05) is 60.7 Å². The highest BCUT2D eigenvalue weighted by molar-refractivity contribution is 9.10. The largest absolute Gasteiger partial charge is 0.399 e. The zero-order valence-corrected chi connectivity index (χ0v) is 41.1. The van der Waals surface area contributed by atoms with E-state index in [2.05, 4.69) is 43.7 Å². The van der Waals surface area contributed by atoms with Crippen molar-refractivity contribution in [2.24, 2.45) is 5.41 Å². The quantitative estimate of drug-likeness (QED) is 0.0419. The fourth-order valence-electron chi connectivity index (χ4n) is 8.55. The number of carbonyl (C=O) groups excluding carboxylic acids is 7. The van der Waals surface area contributed by atoms with Gasteiger partial charge in [-0.25, -0.2) is 0 Å². The van der Waals surface area contributed by atoms with Gasteiger partial charge in [-0.05, 0) is 96.6 Å². The molecule has 2 saturated heterocycles. The maximum atomic E-state index is 14.5. The molecule has 7 rings (SSSR count). The molecule has 2 fully saturated rings. The van der Waals surface area contributed by atoms with E-state index in [0.717, 1.165) is 27.9 Å². The maximum Gasteiger partial charge on any atom is 0.399 e. The molecule has 4 heterocycles. The number of amides is 7. The molecule has 21 heteroatoms. The average Bonchev–Trinajstić information content (AvgIpc) is 4.04. The van der Waals surface area contributed by atoms with Gasteiger partial charge in [0.1, 0.15) is 18.1 Å². The van der Waals surface area contributed by atoms with Gasteiger partial charge in [0.25, 0.3) is 11.8 Å². The number of nitrogens with zero attached hydrogens (tertiary/aromatic N) is 3. The highest BCUT2D eigenvalue weighted by Crippen LogP contribution is 2.59. The molecule has 7 amide bonds. The molecule has 3 aromatic carbocycles. The third-order valence-corrected chi connectivity index (χ3v) is 14.9. The minimum Gasteiger partial charge on any atom is -0.356 e. The summed E-state index contributed by atoms with van der Waals surface area (Å²) in [6, 6.07) is 13.8. The number of carbonyl (C=O) groups is 7. The topological polar surface area (TPSA) is 223 Å². The van der Waals surface area contributed by atoms with E-state index in [9.17, 15) is 56.7 Å². The van der Waals surface area contributed by atoms with Gasteiger partial charge in [0.15, 0.2) is 0 Å². The number of fused-ring (bicyclic) bond motifs is 2. The van der Waals surface area contributed by atoms with Crippen molar-refractivity contribution in [2.45, 2.75) is 96.1 Å². The first-order chi connectivity index (χ1) is 32.5. The number of nitrogens with one attached hydrogen (secondary N) is 3. The van der Waals surface area contributed by atoms with Crippen molar-refractivity contribution in [3.8, 4) is 11.8 Å². The van der Waals surface area contributed by atoms with Crippen LogP contribution in [0.2, 0.25) is 0 Å². The second-order valence-corrected chi connectivity index (χ2v) is 21.8. The van der Waals surface area contributed by atoms with Gasteiger partial charge in [0.2, 0.25) is 29.5 Å². The number of hydrogen-bond donors (Lipinski definition) is 5. The van der Waals surface area contributed by atoms with Gasteiger partial charge in [0, 0.05) is 77.0 Å². The fourth-order valence-corrected chi connectivity index (χ4v) is 10.2. The number of hydrogen-bond acceptors (Lipinski definition) is 9. The number of imide groups is 1. The summed E-state index contributed by atoms with van der Waals surface area (Å²) in [6.45, 7) is 5.97. The number of likely N-dealkylation sites (tertiary alicyclic amines) is 1. The maximum absolute atomic E-state index is 14.5. The van der Waals surface area contributed by atoms with Crippen LogP contribution < -0.4 is 20.9 Å². The summed E-state index contributed by atoms with van der Waals surface area (Å²) < 4.78 is 41.6. The fraction of sp³-hybridized carbons (Fsp3) is 0.396. The van der Waals surface area contributed by atoms with Gasteiger partial charge < -0.3 is 35.1 Å². The van der Waals surface area contributed by atoms with Crippen molar-refractivity contribution in [3.63, 3.8) is 0 Å². The summed E-state index contributed by atoms with van der Waals surface area (Å²) >= 11 is 4.38. The van der Waals surface area contributed by atoms with Crippen LogP contribution in [0.15, 0.2) is 71.2 Å². The van der Waals surface area contributed by atoms with Crippen molar-refractivity contribution in [2.75, 3.05) is 24.5 Å². The van der Waals surface area contributed by atoms with E-state index in [1.807, 2.05) is 0 Å². The van der Waals surface area contributed by atoms with E-state index in [1.165, 1.54) is 26.8 Å². The Hall–Kier alpha value is -5.84. The van der Waals surface area contributed by atoms with Crippen LogP contribution in [0.25, 0.3) is 10.1 Å². The predicted octanol–water partition coefficient (Wildman–Crippen LogP) is 6.16. The minimum absolute atomic E-state index is 0.00844. The van der Waals surface area contributed by atoms with Crippen LogP contribution in [-0.2, 0) is 40.7 Å². The number of rotatable bonds is 14. The Morgan fingerprint density at radius 1 is 1.03 bits per heavy atom. The van der Waals surface area contributed by atoms with Crippen LogP contribution in [0.4, 0.5) is 14.5 Å². The Labute approximate surface area is 408 Å². The van der Waals surface area contributed by atoms with E-state index in [0.29, 0.717) is 59.3 Å². The Morgan fingerprint density at radius 3 is 2.46 bits per heavy atom. The van der Waals surface area contributed by atoms with E-state index in [1.54, 1.807) is 63.2 Å². The van der Waals surface area contributed by atoms with Crippen molar-refractivity contribution in [1.29, 1.82) is 0 Å². The van der Waals surface area contributed by atoms with Gasteiger partial charge in [0.05, 0.1) is 4.88 Å². The molecule has 69 heavy (non-hydrogen) atoms. The standard InChI is InChI=1S/C48H50BrF2N6O10PS/c1-47(2,3)41(54-43(61)38-26-29-25-30(13-19-37(29)69-38)48(50,51)68(65,66)67)46(64)56-23-8-12-36(56)45(63)55(32-16-14-31(49)15-17-32)24-21-39(58)52-22-6-4-5-9-28-10-7-11-33-34(28)27-57(44(33)62)35-18-20-40(59)53-42(35)60/h7,10-11,13-17,19,25-26,35-36,41H,4,6,8,12,18,20-24,27H2,1-3H3,(H,52,58)(H,54,61)(H,53,59,60)(H2,65,66,67). The lowest BCUT2D eigenvalue weighted by atomic mass is 9.85. The molecular formula is C48H50BrF2N6O10PS. The Morgan fingerprint density at radius 2 is 1.77 bits per heavy atom. The Bertz CT molecular complexity index is 2840. The van der Waals surface area contributed by atoms with Gasteiger partial charge in [-0.3, -0.25) is 43.4 Å². The first kappa shape index (κ1) is 51.0. The average molecular weight is 1050 g/mol. The second-order valence-electron chi connectivity index (χ2n) is 18.1. The van der Waals surface area contributed by atoms with Gasteiger partial charge in [-0.2, -0.15) is 8.78 Å². The van der Waals surface area contributed by atoms with E-state index in [-0.39, 0.29) is 66.9 Å². The van der Waals surface area contributed by atoms with E-state index < -0.39 is 66.0 Å². The molecule has 3 unspecified atom stereocenters. The van der Waals surface area contributed by atoms with Crippen molar-refractivity contribution < 1.29 is 56.7 Å². The Kier molecular flexibility index (Phi) is 15.3. The molecule has 3 aliphatic heterocycles. The first-order valence-corrected chi connectivity index (χ1v) is 25.5. The summed E-state index contributed by atoms with van der Waals surface area (Å²) in [6.07, 6.45) is 2.11. The number of anilines is 1. The number of piperidine rings is 1. The van der Waals surface area contributed by atoms with Crippen molar-refractivity contribution >= 4 is 92.0 Å². The molecule has 0 aliphatic carbocycles. The lowest BCUT2D eigenvalue weighted by Crippen LogP contribution is -2.58. The SMILES string of the molecule is CC(C)(C)C(NC(=O)c1cc2cc(C(F)(F)P(=O)(O)O)ccc2s1)C(=O)N1CCCC1C(=O)N(CCC(=O)NCCCC#Cc1cccc2c1CN(C1CCC(=O)NC1=O)C2=O)c1ccc(Br)cc1. The third kappa shape index (κ3) is 11.3. The lowest BCUT2D eigenvalue weighted by Gasteiger charge is -2.36. The number of halogens is 3. The minimum atomic E-state index is -5.83. The molecule has 3 atom stereocenters. The Balaban J connectivity index is 0.965. The third-order valence-electron chi connectivity index (χ3n) is 12.2. The molecule has 364 valence electrons. The van der Waals surface area contributed by atoms with Crippen LogP contribution in [0.3, 0.4) is 0 Å². The second kappa shape index (κ2) is 20.6. The monoisotopic (exact) mass is 1050 g/mol. The van der Waals surface area contributed by atoms with E-state index >= 15 is 0 Å². The molecule has 3 aliphatic rings. The van der Waals surface area contributed by atoms with Gasteiger partial charge in [-0.15, -0.1) is 11.3 Å². The molecule has 0 bridgehead atoms. The summed E-state index contributed by atoms with van der Waals surface area (Å²) in [5.41, 5.74) is -3.87. The first-order valence-electron chi connectivity index (χ1n) is 22.2. The van der Waals surface area contributed by atoms with Crippen LogP contribution in [-0.4, -0.2) is 98.7 Å². The number of benzene rings is 3. The molecule has 0 radical (unpaired) electrons. The molecular weight excluding hydrogens is 1000 g/mol. The summed E-state index contributed by atoms with van der Waals surface area (Å²) in [7, 11) is -5.83. The predicted molar refractivity (Wildman–Crippen MR) is 256 cm³/mol. The number of thiophene rings is 1. The van der Waals surface area contributed by atoms with Crippen LogP contribution in [0.1, 0.15) is 102 Å². The van der Waals surface area contributed by atoms with Crippen molar-refractivity contribution in [3.05, 3.63) is 98.3 Å². The molecule has 4 aromatic rings. The highest BCUT2D eigenvalue weighted by Gasteiger charge is 2.50. The molecule has 0 spiro atoms. The summed E-state index contributed by atoms with van der Waals surface area (Å²) in [5.74, 6) is 3.18. The normalized spacial score (nSPS) is 17.8. The lowest BCUT2D eigenvalue weighted by molar-refractivity contribution is -0.141. The van der Waals surface area contributed by atoms with Crippen molar-refractivity contribution in [1.82, 2.24) is 25.8 Å². The smallest absolute Gasteiger partial charge is 0.356 e. The van der Waals surface area contributed by atoms with Crippen LogP contribution >= 0.6 is 34.9 Å². The van der Waals surface area contributed by atoms with Crippen LogP contribution in [0.5, 0.6) is 0 Å². The zero-order chi connectivity index (χ0) is 50.0.